The minimum atomic E-state index is 0.868. The van der Waals surface area contributed by atoms with Gasteiger partial charge in [-0.15, -0.1) is 12.6 Å². The Morgan fingerprint density at radius 3 is 2.64 bits per heavy atom. The molecule has 2 aromatic rings. The fourth-order valence-electron chi connectivity index (χ4n) is 1.70. The molecule has 0 unspecified atom stereocenters. The number of methoxy groups -OCH3 is 1. The van der Waals surface area contributed by atoms with Gasteiger partial charge < -0.3 is 4.74 Å². The van der Waals surface area contributed by atoms with E-state index in [0.717, 1.165) is 21.6 Å². The molecule has 0 heterocycles. The molecule has 0 fully saturated rings. The van der Waals surface area contributed by atoms with Crippen LogP contribution in [0.15, 0.2) is 35.2 Å². The summed E-state index contributed by atoms with van der Waals surface area (Å²) in [6, 6.07) is 10.3. The number of rotatable bonds is 1. The van der Waals surface area contributed by atoms with Crippen molar-refractivity contribution in [3.8, 4) is 5.75 Å². The summed E-state index contributed by atoms with van der Waals surface area (Å²) in [6.45, 7) is 2.03. The van der Waals surface area contributed by atoms with Crippen molar-refractivity contribution in [3.63, 3.8) is 0 Å². The van der Waals surface area contributed by atoms with Crippen molar-refractivity contribution < 1.29 is 4.74 Å². The van der Waals surface area contributed by atoms with Gasteiger partial charge in [-0.2, -0.15) is 0 Å². The number of aryl methyl sites for hydroxylation is 1. The minimum Gasteiger partial charge on any atom is -0.495 e. The third kappa shape index (κ3) is 1.36. The Balaban J connectivity index is 2.86. The van der Waals surface area contributed by atoms with E-state index < -0.39 is 0 Å². The molecular weight excluding hydrogens is 192 g/mol. The van der Waals surface area contributed by atoms with Gasteiger partial charge >= 0.3 is 0 Å². The van der Waals surface area contributed by atoms with Gasteiger partial charge in [0.05, 0.1) is 12.0 Å². The van der Waals surface area contributed by atoms with E-state index in [2.05, 4.69) is 30.8 Å². The number of thiol groups is 1. The van der Waals surface area contributed by atoms with Gasteiger partial charge in [-0.05, 0) is 29.3 Å². The Labute approximate surface area is 89.1 Å². The van der Waals surface area contributed by atoms with Gasteiger partial charge in [0.15, 0.2) is 0 Å². The summed E-state index contributed by atoms with van der Waals surface area (Å²) in [5.74, 6) is 0.868. The lowest BCUT2D eigenvalue weighted by atomic mass is 10.1. The topological polar surface area (TPSA) is 9.23 Å². The van der Waals surface area contributed by atoms with Gasteiger partial charge in [-0.25, -0.2) is 0 Å². The standard InChI is InChI=1S/C12H12OS/c1-8-7-9-5-3-4-6-10(9)12(14)11(8)13-2/h3-7,14H,1-2H3. The lowest BCUT2D eigenvalue weighted by molar-refractivity contribution is 0.403. The molecule has 0 aromatic heterocycles. The molecule has 2 aromatic carbocycles. The van der Waals surface area contributed by atoms with Crippen molar-refractivity contribution in [2.75, 3.05) is 7.11 Å². The summed E-state index contributed by atoms with van der Waals surface area (Å²) in [5.41, 5.74) is 1.12. The average Bonchev–Trinajstić information content (AvgIpc) is 2.18. The highest BCUT2D eigenvalue weighted by atomic mass is 32.1. The first-order valence-corrected chi connectivity index (χ1v) is 4.94. The molecule has 0 saturated carbocycles. The van der Waals surface area contributed by atoms with Crippen LogP contribution in [-0.2, 0) is 0 Å². The molecule has 0 atom stereocenters. The van der Waals surface area contributed by atoms with E-state index in [1.807, 2.05) is 19.1 Å². The van der Waals surface area contributed by atoms with Gasteiger partial charge in [0.25, 0.3) is 0 Å². The zero-order valence-electron chi connectivity index (χ0n) is 8.24. The number of ether oxygens (including phenoxy) is 1. The number of hydrogen-bond donors (Lipinski definition) is 1. The van der Waals surface area contributed by atoms with Crippen LogP contribution in [0.25, 0.3) is 10.8 Å². The van der Waals surface area contributed by atoms with Crippen molar-refractivity contribution in [3.05, 3.63) is 35.9 Å². The monoisotopic (exact) mass is 204 g/mol. The predicted octanol–water partition coefficient (Wildman–Crippen LogP) is 3.45. The van der Waals surface area contributed by atoms with Crippen LogP contribution in [0.1, 0.15) is 5.56 Å². The quantitative estimate of drug-likeness (QED) is 0.700. The largest absolute Gasteiger partial charge is 0.495 e. The SMILES string of the molecule is COc1c(C)cc2ccccc2c1S. The molecule has 0 aliphatic carbocycles. The van der Waals surface area contributed by atoms with Crippen LogP contribution in [0, 0.1) is 6.92 Å². The highest BCUT2D eigenvalue weighted by molar-refractivity contribution is 7.80. The molecule has 0 amide bonds. The van der Waals surface area contributed by atoms with Gasteiger partial charge in [0, 0.05) is 0 Å². The van der Waals surface area contributed by atoms with Gasteiger partial charge in [-0.1, -0.05) is 24.3 Å². The van der Waals surface area contributed by atoms with Crippen LogP contribution < -0.4 is 4.74 Å². The van der Waals surface area contributed by atoms with E-state index in [9.17, 15) is 0 Å². The van der Waals surface area contributed by atoms with E-state index in [-0.39, 0.29) is 0 Å². The van der Waals surface area contributed by atoms with E-state index in [4.69, 9.17) is 4.74 Å². The van der Waals surface area contributed by atoms with E-state index in [0.29, 0.717) is 0 Å². The van der Waals surface area contributed by atoms with Crippen LogP contribution in [0.4, 0.5) is 0 Å². The van der Waals surface area contributed by atoms with Crippen molar-refractivity contribution in [1.29, 1.82) is 0 Å². The third-order valence-electron chi connectivity index (χ3n) is 2.37. The maximum absolute atomic E-state index is 5.31. The van der Waals surface area contributed by atoms with Gasteiger partial charge in [-0.3, -0.25) is 0 Å². The van der Waals surface area contributed by atoms with Crippen LogP contribution in [0.3, 0.4) is 0 Å². The number of fused-ring (bicyclic) bond motifs is 1. The van der Waals surface area contributed by atoms with E-state index in [1.165, 1.54) is 5.39 Å². The molecule has 2 heteroatoms. The average molecular weight is 204 g/mol. The van der Waals surface area contributed by atoms with Crippen LogP contribution >= 0.6 is 12.6 Å². The molecule has 1 nitrogen and oxygen atoms in total. The summed E-state index contributed by atoms with van der Waals surface area (Å²) in [6.07, 6.45) is 0. The molecule has 72 valence electrons. The molecule has 0 bridgehead atoms. The fraction of sp³-hybridized carbons (Fsp3) is 0.167. The summed E-state index contributed by atoms with van der Waals surface area (Å²) < 4.78 is 5.31. The van der Waals surface area contributed by atoms with E-state index >= 15 is 0 Å². The Hall–Kier alpha value is -1.15. The molecule has 0 spiro atoms. The Bertz CT molecular complexity index is 477. The molecule has 0 radical (unpaired) electrons. The number of hydrogen-bond acceptors (Lipinski definition) is 2. The molecule has 14 heavy (non-hydrogen) atoms. The predicted molar refractivity (Wildman–Crippen MR) is 62.5 cm³/mol. The minimum absolute atomic E-state index is 0.868. The summed E-state index contributed by atoms with van der Waals surface area (Å²) in [7, 11) is 1.68. The molecular formula is C12H12OS. The first-order chi connectivity index (χ1) is 6.74. The normalized spacial score (nSPS) is 10.5. The number of benzene rings is 2. The molecule has 0 N–H and O–H groups in total. The lowest BCUT2D eigenvalue weighted by Crippen LogP contribution is -1.89. The Morgan fingerprint density at radius 1 is 1.21 bits per heavy atom. The smallest absolute Gasteiger partial charge is 0.135 e. The zero-order chi connectivity index (χ0) is 10.1. The zero-order valence-corrected chi connectivity index (χ0v) is 9.14. The second-order valence-electron chi connectivity index (χ2n) is 3.30. The lowest BCUT2D eigenvalue weighted by Gasteiger charge is -2.10. The van der Waals surface area contributed by atoms with Gasteiger partial charge in [0.2, 0.25) is 0 Å². The first-order valence-electron chi connectivity index (χ1n) is 4.49. The van der Waals surface area contributed by atoms with Crippen molar-refractivity contribution in [1.82, 2.24) is 0 Å². The van der Waals surface area contributed by atoms with Crippen molar-refractivity contribution in [2.24, 2.45) is 0 Å². The van der Waals surface area contributed by atoms with Crippen molar-refractivity contribution in [2.45, 2.75) is 11.8 Å². The Kier molecular flexibility index (Phi) is 2.38. The first kappa shape index (κ1) is 9.41. The van der Waals surface area contributed by atoms with Gasteiger partial charge in [0.1, 0.15) is 5.75 Å². The molecule has 0 saturated heterocycles. The van der Waals surface area contributed by atoms with Crippen molar-refractivity contribution >= 4 is 23.4 Å². The van der Waals surface area contributed by atoms with Crippen LogP contribution in [0.2, 0.25) is 0 Å². The maximum atomic E-state index is 5.31. The second-order valence-corrected chi connectivity index (χ2v) is 3.74. The summed E-state index contributed by atoms with van der Waals surface area (Å²) in [4.78, 5) is 0.920. The third-order valence-corrected chi connectivity index (χ3v) is 2.81. The molecule has 2 rings (SSSR count). The van der Waals surface area contributed by atoms with Crippen LogP contribution in [0.5, 0.6) is 5.75 Å². The molecule has 0 aliphatic rings. The summed E-state index contributed by atoms with van der Waals surface area (Å²) >= 11 is 4.49. The highest BCUT2D eigenvalue weighted by Crippen LogP contribution is 2.34. The Morgan fingerprint density at radius 2 is 1.93 bits per heavy atom. The summed E-state index contributed by atoms with van der Waals surface area (Å²) in [5, 5.41) is 2.34. The van der Waals surface area contributed by atoms with E-state index in [1.54, 1.807) is 7.11 Å². The van der Waals surface area contributed by atoms with Crippen LogP contribution in [-0.4, -0.2) is 7.11 Å². The fourth-order valence-corrected chi connectivity index (χ4v) is 2.18. The molecule has 0 aliphatic heterocycles. The maximum Gasteiger partial charge on any atom is 0.135 e. The second kappa shape index (κ2) is 3.54. The highest BCUT2D eigenvalue weighted by Gasteiger charge is 2.07.